The Kier molecular flexibility index (Phi) is 5.98. The van der Waals surface area contributed by atoms with Gasteiger partial charge in [0.05, 0.1) is 6.04 Å². The average molecular weight is 447 g/mol. The third-order valence-electron chi connectivity index (χ3n) is 6.09. The molecular weight excluding hydrogens is 420 g/mol. The number of aliphatic hydroxyl groups excluding tert-OH is 1. The first-order valence-electron chi connectivity index (χ1n) is 10.7. The first-order chi connectivity index (χ1) is 15.2. The number of halogens is 1. The molecule has 0 saturated heterocycles. The standard InChI is InChI=1S/C27H27ClN2O2/c1-16-13-23(28)10-11-25(16)29-26-14-17(2)30(19(4)32)27-12-9-22(15-24(26)27)21-7-5-20(6-8-21)18(3)31/h5-13,15,17,26,29,31H,3,14H2,1-2,4H3/t17-,26+/m0/s1. The number of aliphatic hydroxyl groups is 1. The Morgan fingerprint density at radius 3 is 2.41 bits per heavy atom. The molecule has 4 nitrogen and oxygen atoms in total. The molecule has 1 amide bonds. The van der Waals surface area contributed by atoms with E-state index in [1.54, 1.807) is 6.92 Å². The monoisotopic (exact) mass is 446 g/mol. The molecule has 0 radical (unpaired) electrons. The molecule has 5 heteroatoms. The van der Waals surface area contributed by atoms with Crippen LogP contribution in [0.25, 0.3) is 16.9 Å². The maximum Gasteiger partial charge on any atom is 0.224 e. The number of hydrogen-bond acceptors (Lipinski definition) is 3. The summed E-state index contributed by atoms with van der Waals surface area (Å²) in [7, 11) is 0. The molecule has 0 unspecified atom stereocenters. The molecule has 1 heterocycles. The number of benzene rings is 3. The van der Waals surface area contributed by atoms with Crippen LogP contribution in [-0.4, -0.2) is 17.1 Å². The Bertz CT molecular complexity index is 1190. The molecule has 2 atom stereocenters. The van der Waals surface area contributed by atoms with Crippen LogP contribution in [0.2, 0.25) is 5.02 Å². The Morgan fingerprint density at radius 2 is 1.78 bits per heavy atom. The molecule has 4 rings (SSSR count). The minimum absolute atomic E-state index is 0.0402. The van der Waals surface area contributed by atoms with Crippen LogP contribution in [0.15, 0.2) is 67.2 Å². The summed E-state index contributed by atoms with van der Waals surface area (Å²) in [6.45, 7) is 9.32. The van der Waals surface area contributed by atoms with Crippen molar-refractivity contribution in [3.05, 3.63) is 89.0 Å². The van der Waals surface area contributed by atoms with Crippen LogP contribution in [0.1, 0.15) is 43.0 Å². The van der Waals surface area contributed by atoms with Crippen molar-refractivity contribution in [1.29, 1.82) is 0 Å². The maximum absolute atomic E-state index is 12.4. The largest absolute Gasteiger partial charge is 0.508 e. The molecule has 32 heavy (non-hydrogen) atoms. The fraction of sp³-hybridized carbons (Fsp3) is 0.222. The average Bonchev–Trinajstić information content (AvgIpc) is 2.75. The zero-order valence-corrected chi connectivity index (χ0v) is 19.3. The van der Waals surface area contributed by atoms with Crippen LogP contribution in [0.5, 0.6) is 0 Å². The highest BCUT2D eigenvalue weighted by atomic mass is 35.5. The van der Waals surface area contributed by atoms with Crippen molar-refractivity contribution >= 4 is 34.6 Å². The van der Waals surface area contributed by atoms with Crippen molar-refractivity contribution in [3.8, 4) is 11.1 Å². The van der Waals surface area contributed by atoms with E-state index in [4.69, 9.17) is 11.6 Å². The molecule has 0 spiro atoms. The third kappa shape index (κ3) is 4.23. The van der Waals surface area contributed by atoms with Crippen molar-refractivity contribution in [2.45, 2.75) is 39.3 Å². The molecule has 3 aromatic carbocycles. The van der Waals surface area contributed by atoms with E-state index in [0.717, 1.165) is 40.0 Å². The summed E-state index contributed by atoms with van der Waals surface area (Å²) in [6.07, 6.45) is 0.793. The van der Waals surface area contributed by atoms with E-state index in [-0.39, 0.29) is 23.8 Å². The van der Waals surface area contributed by atoms with Gasteiger partial charge < -0.3 is 15.3 Å². The molecule has 164 valence electrons. The van der Waals surface area contributed by atoms with Gasteiger partial charge in [0, 0.05) is 34.9 Å². The lowest BCUT2D eigenvalue weighted by Gasteiger charge is -2.40. The van der Waals surface area contributed by atoms with Gasteiger partial charge in [0.2, 0.25) is 5.91 Å². The highest BCUT2D eigenvalue weighted by Gasteiger charge is 2.32. The zero-order valence-electron chi connectivity index (χ0n) is 18.5. The van der Waals surface area contributed by atoms with E-state index in [2.05, 4.69) is 24.9 Å². The Morgan fingerprint density at radius 1 is 1.09 bits per heavy atom. The predicted octanol–water partition coefficient (Wildman–Crippen LogP) is 7.14. The van der Waals surface area contributed by atoms with Crippen LogP contribution in [0, 0.1) is 6.92 Å². The second-order valence-corrected chi connectivity index (χ2v) is 8.86. The van der Waals surface area contributed by atoms with E-state index in [1.807, 2.05) is 66.4 Å². The van der Waals surface area contributed by atoms with Gasteiger partial charge in [-0.15, -0.1) is 0 Å². The second-order valence-electron chi connectivity index (χ2n) is 8.43. The molecule has 0 fully saturated rings. The lowest BCUT2D eigenvalue weighted by molar-refractivity contribution is -0.117. The van der Waals surface area contributed by atoms with Gasteiger partial charge in [-0.3, -0.25) is 4.79 Å². The maximum atomic E-state index is 12.4. The second kappa shape index (κ2) is 8.71. The lowest BCUT2D eigenvalue weighted by atomic mass is 9.88. The number of anilines is 2. The Hall–Kier alpha value is -3.24. The van der Waals surface area contributed by atoms with Gasteiger partial charge in [-0.2, -0.15) is 0 Å². The van der Waals surface area contributed by atoms with Crippen molar-refractivity contribution in [3.63, 3.8) is 0 Å². The molecular formula is C27H27ClN2O2. The number of fused-ring (bicyclic) bond motifs is 1. The van der Waals surface area contributed by atoms with E-state index in [0.29, 0.717) is 10.6 Å². The predicted molar refractivity (Wildman–Crippen MR) is 133 cm³/mol. The number of nitrogens with one attached hydrogen (secondary N) is 1. The Balaban J connectivity index is 1.77. The zero-order chi connectivity index (χ0) is 23.0. The van der Waals surface area contributed by atoms with Gasteiger partial charge in [0.1, 0.15) is 5.76 Å². The van der Waals surface area contributed by atoms with Gasteiger partial charge in [0.15, 0.2) is 0 Å². The number of nitrogens with zero attached hydrogens (tertiary/aromatic N) is 1. The quantitative estimate of drug-likeness (QED) is 0.418. The third-order valence-corrected chi connectivity index (χ3v) is 6.32. The number of amides is 1. The highest BCUT2D eigenvalue weighted by molar-refractivity contribution is 6.30. The fourth-order valence-corrected chi connectivity index (χ4v) is 4.72. The summed E-state index contributed by atoms with van der Waals surface area (Å²) in [5.74, 6) is 0.0918. The van der Waals surface area contributed by atoms with Gasteiger partial charge in [-0.25, -0.2) is 0 Å². The normalized spacial score (nSPS) is 17.6. The summed E-state index contributed by atoms with van der Waals surface area (Å²) >= 11 is 6.14. The first kappa shape index (κ1) is 22.0. The molecule has 1 aliphatic rings. The van der Waals surface area contributed by atoms with Crippen molar-refractivity contribution in [1.82, 2.24) is 0 Å². The number of rotatable bonds is 4. The molecule has 2 N–H and O–H groups in total. The van der Waals surface area contributed by atoms with Crippen LogP contribution in [0.4, 0.5) is 11.4 Å². The number of hydrogen-bond donors (Lipinski definition) is 2. The van der Waals surface area contributed by atoms with Gasteiger partial charge in [-0.1, -0.05) is 48.5 Å². The topological polar surface area (TPSA) is 52.6 Å². The van der Waals surface area contributed by atoms with Gasteiger partial charge >= 0.3 is 0 Å². The number of aryl methyl sites for hydroxylation is 1. The van der Waals surface area contributed by atoms with E-state index >= 15 is 0 Å². The first-order valence-corrected chi connectivity index (χ1v) is 11.1. The van der Waals surface area contributed by atoms with E-state index in [9.17, 15) is 9.90 Å². The van der Waals surface area contributed by atoms with Crippen LogP contribution in [0.3, 0.4) is 0 Å². The summed E-state index contributed by atoms with van der Waals surface area (Å²) in [4.78, 5) is 14.3. The lowest BCUT2D eigenvalue weighted by Crippen LogP contribution is -2.43. The van der Waals surface area contributed by atoms with Crippen LogP contribution in [-0.2, 0) is 4.79 Å². The van der Waals surface area contributed by atoms with E-state index in [1.165, 1.54) is 0 Å². The van der Waals surface area contributed by atoms with Crippen molar-refractivity contribution in [2.24, 2.45) is 0 Å². The van der Waals surface area contributed by atoms with Crippen molar-refractivity contribution in [2.75, 3.05) is 10.2 Å². The minimum atomic E-state index is 0.0402. The molecule has 1 aliphatic heterocycles. The van der Waals surface area contributed by atoms with Crippen LogP contribution >= 0.6 is 11.6 Å². The van der Waals surface area contributed by atoms with E-state index < -0.39 is 0 Å². The number of carbonyl (C=O) groups excluding carboxylic acids is 1. The molecule has 3 aromatic rings. The number of carbonyl (C=O) groups is 1. The molecule has 0 bridgehead atoms. The fourth-order valence-electron chi connectivity index (χ4n) is 4.49. The summed E-state index contributed by atoms with van der Waals surface area (Å²) in [6, 6.07) is 19.8. The Labute approximate surface area is 194 Å². The highest BCUT2D eigenvalue weighted by Crippen LogP contribution is 2.41. The van der Waals surface area contributed by atoms with Crippen LogP contribution < -0.4 is 10.2 Å². The summed E-state index contributed by atoms with van der Waals surface area (Å²) in [5.41, 5.74) is 6.91. The SMILES string of the molecule is C=C(O)c1ccc(-c2ccc3c(c2)[C@H](Nc2ccc(Cl)cc2C)C[C@H](C)N3C(C)=O)cc1. The molecule has 0 saturated carbocycles. The van der Waals surface area contributed by atoms with Gasteiger partial charge in [0.25, 0.3) is 0 Å². The van der Waals surface area contributed by atoms with Gasteiger partial charge in [-0.05, 0) is 72.9 Å². The minimum Gasteiger partial charge on any atom is -0.508 e. The summed E-state index contributed by atoms with van der Waals surface area (Å²) in [5, 5.41) is 14.0. The summed E-state index contributed by atoms with van der Waals surface area (Å²) < 4.78 is 0. The van der Waals surface area contributed by atoms with Crippen molar-refractivity contribution < 1.29 is 9.90 Å². The molecule has 0 aromatic heterocycles. The smallest absolute Gasteiger partial charge is 0.224 e. The molecule has 0 aliphatic carbocycles.